The van der Waals surface area contributed by atoms with Crippen LogP contribution in [0.15, 0.2) is 21.4 Å². The van der Waals surface area contributed by atoms with Gasteiger partial charge in [0.05, 0.1) is 6.26 Å². The molecule has 0 radical (unpaired) electrons. The Balaban J connectivity index is 1.81. The molecule has 0 spiro atoms. The van der Waals surface area contributed by atoms with E-state index in [1.165, 1.54) is 0 Å². The molecule has 2 rings (SSSR count). The lowest BCUT2D eigenvalue weighted by Crippen LogP contribution is -2.23. The van der Waals surface area contributed by atoms with E-state index in [9.17, 15) is 4.79 Å². The molecule has 1 N–H and O–H groups in total. The van der Waals surface area contributed by atoms with Crippen LogP contribution in [0.5, 0.6) is 0 Å². The maximum Gasteiger partial charge on any atom is 0.223 e. The quantitative estimate of drug-likeness (QED) is 0.884. The molecule has 13 heavy (non-hydrogen) atoms. The van der Waals surface area contributed by atoms with Gasteiger partial charge in [-0.05, 0) is 34.8 Å². The van der Waals surface area contributed by atoms with Crippen molar-refractivity contribution in [3.8, 4) is 0 Å². The molecule has 1 heterocycles. The van der Waals surface area contributed by atoms with Crippen LogP contribution in [0.1, 0.15) is 18.4 Å². The van der Waals surface area contributed by atoms with Crippen molar-refractivity contribution in [2.45, 2.75) is 19.4 Å². The Hall–Kier alpha value is -0.770. The van der Waals surface area contributed by atoms with E-state index in [-0.39, 0.29) is 11.8 Å². The maximum absolute atomic E-state index is 11.2. The molecule has 1 aliphatic rings. The minimum atomic E-state index is 0.164. The van der Waals surface area contributed by atoms with Gasteiger partial charge in [0.2, 0.25) is 5.91 Å². The average Bonchev–Trinajstić information content (AvgIpc) is 2.87. The number of halogens is 1. The van der Waals surface area contributed by atoms with Crippen molar-refractivity contribution in [2.75, 3.05) is 0 Å². The van der Waals surface area contributed by atoms with Gasteiger partial charge in [-0.1, -0.05) is 0 Å². The highest BCUT2D eigenvalue weighted by Gasteiger charge is 2.29. The number of carbonyl (C=O) groups excluding carboxylic acids is 1. The van der Waals surface area contributed by atoms with Gasteiger partial charge in [-0.2, -0.15) is 0 Å². The van der Waals surface area contributed by atoms with E-state index in [0.29, 0.717) is 11.2 Å². The zero-order valence-corrected chi connectivity index (χ0v) is 8.63. The third kappa shape index (κ3) is 2.34. The molecule has 0 saturated heterocycles. The summed E-state index contributed by atoms with van der Waals surface area (Å²) in [6, 6.07) is 1.85. The topological polar surface area (TPSA) is 42.2 Å². The molecule has 0 bridgehead atoms. The van der Waals surface area contributed by atoms with Gasteiger partial charge >= 0.3 is 0 Å². The standard InChI is InChI=1S/C9H10BrNO2/c10-8-3-6(5-13-8)4-11-9(12)7-1-2-7/h3,5,7H,1-2,4H2,(H,11,12). The molecular formula is C9H10BrNO2. The first kappa shape index (κ1) is 8.81. The van der Waals surface area contributed by atoms with Crippen molar-refractivity contribution < 1.29 is 9.21 Å². The molecule has 1 fully saturated rings. The molecule has 0 aliphatic heterocycles. The van der Waals surface area contributed by atoms with E-state index in [2.05, 4.69) is 21.2 Å². The number of hydrogen-bond donors (Lipinski definition) is 1. The van der Waals surface area contributed by atoms with E-state index in [0.717, 1.165) is 18.4 Å². The summed E-state index contributed by atoms with van der Waals surface area (Å²) in [5, 5.41) is 2.85. The van der Waals surface area contributed by atoms with Gasteiger partial charge in [-0.15, -0.1) is 0 Å². The molecule has 4 heteroatoms. The van der Waals surface area contributed by atoms with Crippen LogP contribution >= 0.6 is 15.9 Å². The van der Waals surface area contributed by atoms with Crippen LogP contribution in [0.4, 0.5) is 0 Å². The van der Waals surface area contributed by atoms with Crippen LogP contribution in [-0.2, 0) is 11.3 Å². The number of amides is 1. The van der Waals surface area contributed by atoms with Gasteiger partial charge in [0, 0.05) is 18.0 Å². The zero-order valence-electron chi connectivity index (χ0n) is 7.05. The van der Waals surface area contributed by atoms with E-state index >= 15 is 0 Å². The third-order valence-corrected chi connectivity index (χ3v) is 2.45. The maximum atomic E-state index is 11.2. The number of carbonyl (C=O) groups is 1. The van der Waals surface area contributed by atoms with Gasteiger partial charge in [-0.25, -0.2) is 0 Å². The first-order chi connectivity index (χ1) is 6.25. The Kier molecular flexibility index (Phi) is 2.40. The molecule has 0 unspecified atom stereocenters. The number of hydrogen-bond acceptors (Lipinski definition) is 2. The summed E-state index contributed by atoms with van der Waals surface area (Å²) in [6.07, 6.45) is 3.72. The van der Waals surface area contributed by atoms with Crippen LogP contribution in [0.25, 0.3) is 0 Å². The summed E-state index contributed by atoms with van der Waals surface area (Å²) in [4.78, 5) is 11.2. The molecule has 70 valence electrons. The summed E-state index contributed by atoms with van der Waals surface area (Å²) < 4.78 is 5.74. The average molecular weight is 244 g/mol. The molecule has 3 nitrogen and oxygen atoms in total. The molecular weight excluding hydrogens is 234 g/mol. The fourth-order valence-electron chi connectivity index (χ4n) is 1.12. The number of rotatable bonds is 3. The summed E-state index contributed by atoms with van der Waals surface area (Å²) in [5.74, 6) is 0.438. The van der Waals surface area contributed by atoms with Gasteiger partial charge < -0.3 is 9.73 Å². The minimum absolute atomic E-state index is 0.164. The highest BCUT2D eigenvalue weighted by Crippen LogP contribution is 2.28. The fourth-order valence-corrected chi connectivity index (χ4v) is 1.51. The van der Waals surface area contributed by atoms with Crippen molar-refractivity contribution in [3.05, 3.63) is 22.6 Å². The second-order valence-corrected chi connectivity index (χ2v) is 4.03. The van der Waals surface area contributed by atoms with Crippen molar-refractivity contribution in [2.24, 2.45) is 5.92 Å². The predicted octanol–water partition coefficient (Wildman–Crippen LogP) is 2.07. The van der Waals surface area contributed by atoms with Crippen LogP contribution in [0, 0.1) is 5.92 Å². The predicted molar refractivity (Wildman–Crippen MR) is 51.0 cm³/mol. The summed E-state index contributed by atoms with van der Waals surface area (Å²) in [7, 11) is 0. The van der Waals surface area contributed by atoms with Gasteiger partial charge in [0.1, 0.15) is 0 Å². The van der Waals surface area contributed by atoms with Crippen LogP contribution in [-0.4, -0.2) is 5.91 Å². The Morgan fingerprint density at radius 1 is 1.69 bits per heavy atom. The molecule has 0 atom stereocenters. The highest BCUT2D eigenvalue weighted by atomic mass is 79.9. The minimum Gasteiger partial charge on any atom is -0.457 e. The molecule has 1 aromatic heterocycles. The van der Waals surface area contributed by atoms with E-state index < -0.39 is 0 Å². The molecule has 1 aromatic rings. The van der Waals surface area contributed by atoms with E-state index in [1.54, 1.807) is 6.26 Å². The number of furan rings is 1. The SMILES string of the molecule is O=C(NCc1coc(Br)c1)C1CC1. The summed E-state index contributed by atoms with van der Waals surface area (Å²) in [6.45, 7) is 0.560. The zero-order chi connectivity index (χ0) is 9.26. The Morgan fingerprint density at radius 3 is 3.00 bits per heavy atom. The van der Waals surface area contributed by atoms with E-state index in [4.69, 9.17) is 4.42 Å². The van der Waals surface area contributed by atoms with Crippen molar-refractivity contribution in [1.82, 2.24) is 5.32 Å². The first-order valence-corrected chi connectivity index (χ1v) is 5.05. The van der Waals surface area contributed by atoms with Crippen LogP contribution in [0.3, 0.4) is 0 Å². The summed E-state index contributed by atoms with van der Waals surface area (Å²) >= 11 is 3.20. The molecule has 1 amide bonds. The lowest BCUT2D eigenvalue weighted by atomic mass is 10.3. The van der Waals surface area contributed by atoms with Crippen LogP contribution < -0.4 is 5.32 Å². The van der Waals surface area contributed by atoms with E-state index in [1.807, 2.05) is 6.07 Å². The van der Waals surface area contributed by atoms with Crippen LogP contribution in [0.2, 0.25) is 0 Å². The second kappa shape index (κ2) is 3.54. The smallest absolute Gasteiger partial charge is 0.223 e. The fraction of sp³-hybridized carbons (Fsp3) is 0.444. The van der Waals surface area contributed by atoms with Crippen molar-refractivity contribution in [1.29, 1.82) is 0 Å². The summed E-state index contributed by atoms with van der Waals surface area (Å²) in [5.41, 5.74) is 0.987. The lowest BCUT2D eigenvalue weighted by molar-refractivity contribution is -0.122. The Morgan fingerprint density at radius 2 is 2.46 bits per heavy atom. The largest absolute Gasteiger partial charge is 0.457 e. The Labute approximate surface area is 84.6 Å². The first-order valence-electron chi connectivity index (χ1n) is 4.26. The molecule has 0 aromatic carbocycles. The normalized spacial score (nSPS) is 15.8. The van der Waals surface area contributed by atoms with Gasteiger partial charge in [0.15, 0.2) is 4.67 Å². The van der Waals surface area contributed by atoms with Crippen molar-refractivity contribution in [3.63, 3.8) is 0 Å². The van der Waals surface area contributed by atoms with Crippen molar-refractivity contribution >= 4 is 21.8 Å². The lowest BCUT2D eigenvalue weighted by Gasteiger charge is -1.99. The second-order valence-electron chi connectivity index (χ2n) is 3.25. The number of nitrogens with one attached hydrogen (secondary N) is 1. The molecule has 1 saturated carbocycles. The highest BCUT2D eigenvalue weighted by molar-refractivity contribution is 9.10. The van der Waals surface area contributed by atoms with Gasteiger partial charge in [-0.3, -0.25) is 4.79 Å². The Bertz CT molecular complexity index is 317. The van der Waals surface area contributed by atoms with Gasteiger partial charge in [0.25, 0.3) is 0 Å². The molecule has 1 aliphatic carbocycles. The third-order valence-electron chi connectivity index (χ3n) is 2.04. The monoisotopic (exact) mass is 243 g/mol.